The first-order valence-corrected chi connectivity index (χ1v) is 7.28. The molecule has 108 valence electrons. The number of nitrogens with two attached hydrogens (primary N) is 1. The molecule has 1 heterocycles. The normalized spacial score (nSPS) is 11.8. The maximum Gasteiger partial charge on any atom is 0.263 e. The second-order valence-corrected chi connectivity index (χ2v) is 6.46. The van der Waals surface area contributed by atoms with Crippen LogP contribution in [-0.2, 0) is 4.74 Å². The van der Waals surface area contributed by atoms with Crippen LogP contribution in [0.5, 0.6) is 0 Å². The lowest BCUT2D eigenvalue weighted by Crippen LogP contribution is -2.39. The Kier molecular flexibility index (Phi) is 4.01. The fourth-order valence-electron chi connectivity index (χ4n) is 1.89. The van der Waals surface area contributed by atoms with Gasteiger partial charge in [-0.15, -0.1) is 11.3 Å². The van der Waals surface area contributed by atoms with Crippen LogP contribution in [0.2, 0.25) is 0 Å². The molecule has 0 radical (unpaired) electrons. The molecule has 1 aromatic carbocycles. The van der Waals surface area contributed by atoms with Crippen molar-refractivity contribution < 1.29 is 9.53 Å². The highest BCUT2D eigenvalue weighted by Gasteiger charge is 2.21. The van der Waals surface area contributed by atoms with Crippen LogP contribution < -0.4 is 11.1 Å². The number of aryl methyl sites for hydroxylation is 1. The molecule has 4 nitrogen and oxygen atoms in total. The van der Waals surface area contributed by atoms with Crippen LogP contribution in [0.1, 0.15) is 29.1 Å². The zero-order valence-corrected chi connectivity index (χ0v) is 13.1. The predicted octanol–water partition coefficient (Wildman–Crippen LogP) is 2.95. The third-order valence-electron chi connectivity index (χ3n) is 3.38. The highest BCUT2D eigenvalue weighted by molar-refractivity contribution is 7.21. The van der Waals surface area contributed by atoms with Crippen molar-refractivity contribution in [1.82, 2.24) is 5.32 Å². The lowest BCUT2D eigenvalue weighted by molar-refractivity contribution is 0.0229. The first-order chi connectivity index (χ1) is 9.35. The average molecular weight is 292 g/mol. The number of ether oxygens (including phenoxy) is 1. The molecule has 0 spiro atoms. The summed E-state index contributed by atoms with van der Waals surface area (Å²) in [5.41, 5.74) is 7.40. The maximum absolute atomic E-state index is 12.3. The zero-order valence-electron chi connectivity index (χ0n) is 12.2. The van der Waals surface area contributed by atoms with Crippen molar-refractivity contribution in [3.8, 4) is 0 Å². The summed E-state index contributed by atoms with van der Waals surface area (Å²) in [7, 11) is 1.63. The van der Waals surface area contributed by atoms with E-state index < -0.39 is 5.60 Å². The molecule has 0 atom stereocenters. The number of nitrogen functional groups attached to an aromatic ring is 1. The number of amides is 1. The monoisotopic (exact) mass is 292 g/mol. The molecule has 2 aromatic rings. The molecule has 5 heteroatoms. The number of nitrogens with one attached hydrogen (secondary N) is 1. The number of anilines is 1. The largest absolute Gasteiger partial charge is 0.397 e. The first-order valence-electron chi connectivity index (χ1n) is 6.46. The van der Waals surface area contributed by atoms with Gasteiger partial charge in [0.2, 0.25) is 0 Å². The summed E-state index contributed by atoms with van der Waals surface area (Å²) in [4.78, 5) is 12.8. The molecule has 20 heavy (non-hydrogen) atoms. The van der Waals surface area contributed by atoms with Crippen LogP contribution in [0.15, 0.2) is 18.2 Å². The summed E-state index contributed by atoms with van der Waals surface area (Å²) >= 11 is 1.44. The van der Waals surface area contributed by atoms with Gasteiger partial charge in [-0.05, 0) is 26.3 Å². The molecule has 0 saturated carbocycles. The van der Waals surface area contributed by atoms with E-state index >= 15 is 0 Å². The second-order valence-electron chi connectivity index (χ2n) is 5.44. The summed E-state index contributed by atoms with van der Waals surface area (Å²) in [5.74, 6) is -0.145. The number of benzene rings is 1. The molecule has 0 bridgehead atoms. The molecule has 2 rings (SSSR count). The highest BCUT2D eigenvalue weighted by atomic mass is 32.1. The molecule has 0 aliphatic heterocycles. The fraction of sp³-hybridized carbons (Fsp3) is 0.400. The number of methoxy groups -OCH3 is 1. The van der Waals surface area contributed by atoms with E-state index in [0.29, 0.717) is 17.1 Å². The molecular formula is C15H20N2O2S. The van der Waals surface area contributed by atoms with Crippen molar-refractivity contribution in [2.45, 2.75) is 26.4 Å². The van der Waals surface area contributed by atoms with E-state index in [0.717, 1.165) is 15.6 Å². The van der Waals surface area contributed by atoms with Crippen molar-refractivity contribution in [3.05, 3.63) is 28.6 Å². The molecule has 1 aromatic heterocycles. The van der Waals surface area contributed by atoms with Crippen molar-refractivity contribution in [2.24, 2.45) is 0 Å². The first kappa shape index (κ1) is 14.8. The Morgan fingerprint density at radius 2 is 2.15 bits per heavy atom. The Morgan fingerprint density at radius 3 is 2.75 bits per heavy atom. The molecule has 0 aliphatic rings. The van der Waals surface area contributed by atoms with E-state index in [4.69, 9.17) is 10.5 Å². The van der Waals surface area contributed by atoms with Crippen LogP contribution in [0.4, 0.5) is 5.69 Å². The third kappa shape index (κ3) is 2.78. The van der Waals surface area contributed by atoms with Gasteiger partial charge in [0.1, 0.15) is 4.88 Å². The molecule has 0 aliphatic carbocycles. The van der Waals surface area contributed by atoms with Crippen LogP contribution in [0, 0.1) is 6.92 Å². The molecule has 0 unspecified atom stereocenters. The van der Waals surface area contributed by atoms with Crippen LogP contribution >= 0.6 is 11.3 Å². The summed E-state index contributed by atoms with van der Waals surface area (Å²) in [6.45, 7) is 6.31. The van der Waals surface area contributed by atoms with Gasteiger partial charge in [0.25, 0.3) is 5.91 Å². The number of rotatable bonds is 4. The Balaban J connectivity index is 2.27. The number of carbonyl (C=O) groups excluding carboxylic acids is 1. The molecular weight excluding hydrogens is 272 g/mol. The smallest absolute Gasteiger partial charge is 0.263 e. The van der Waals surface area contributed by atoms with Crippen LogP contribution in [0.3, 0.4) is 0 Å². The van der Waals surface area contributed by atoms with E-state index in [1.807, 2.05) is 39.0 Å². The molecule has 3 N–H and O–H groups in total. The summed E-state index contributed by atoms with van der Waals surface area (Å²) in [5, 5.41) is 3.83. The summed E-state index contributed by atoms with van der Waals surface area (Å²) in [6.07, 6.45) is 0. The van der Waals surface area contributed by atoms with E-state index in [1.165, 1.54) is 11.3 Å². The fourth-order valence-corrected chi connectivity index (χ4v) is 3.00. The van der Waals surface area contributed by atoms with E-state index in [-0.39, 0.29) is 5.91 Å². The Hall–Kier alpha value is -1.59. The van der Waals surface area contributed by atoms with Gasteiger partial charge in [-0.3, -0.25) is 4.79 Å². The van der Waals surface area contributed by atoms with E-state index in [2.05, 4.69) is 5.32 Å². The van der Waals surface area contributed by atoms with Crippen molar-refractivity contribution in [3.63, 3.8) is 0 Å². The lowest BCUT2D eigenvalue weighted by atomic mass is 10.1. The Morgan fingerprint density at radius 1 is 1.45 bits per heavy atom. The minimum atomic E-state index is -0.392. The Bertz CT molecular complexity index is 647. The van der Waals surface area contributed by atoms with E-state index in [9.17, 15) is 4.79 Å². The predicted molar refractivity (Wildman–Crippen MR) is 84.4 cm³/mol. The SMILES string of the molecule is COC(C)(C)CNC(=O)c1sc2c(C)cccc2c1N. The number of carbonyl (C=O) groups is 1. The quantitative estimate of drug-likeness (QED) is 0.910. The number of hydrogen-bond donors (Lipinski definition) is 2. The van der Waals surface area contributed by atoms with Crippen molar-refractivity contribution in [1.29, 1.82) is 0 Å². The van der Waals surface area contributed by atoms with Gasteiger partial charge in [0.15, 0.2) is 0 Å². The number of fused-ring (bicyclic) bond motifs is 1. The van der Waals surface area contributed by atoms with Crippen molar-refractivity contribution in [2.75, 3.05) is 19.4 Å². The topological polar surface area (TPSA) is 64.3 Å². The third-order valence-corrected chi connectivity index (χ3v) is 4.74. The minimum Gasteiger partial charge on any atom is -0.397 e. The van der Waals surface area contributed by atoms with Gasteiger partial charge in [-0.2, -0.15) is 0 Å². The Labute approximate surface area is 122 Å². The van der Waals surface area contributed by atoms with Gasteiger partial charge in [-0.25, -0.2) is 0 Å². The summed E-state index contributed by atoms with van der Waals surface area (Å²) in [6, 6.07) is 5.93. The minimum absolute atomic E-state index is 0.145. The standard InChI is InChI=1S/C15H20N2O2S/c1-9-6-5-7-10-11(16)13(20-12(9)10)14(18)17-8-15(2,3)19-4/h5-7H,8,16H2,1-4H3,(H,17,18). The maximum atomic E-state index is 12.3. The zero-order chi connectivity index (χ0) is 14.9. The summed E-state index contributed by atoms with van der Waals surface area (Å²) < 4.78 is 6.36. The van der Waals surface area contributed by atoms with E-state index in [1.54, 1.807) is 7.11 Å². The molecule has 0 fully saturated rings. The van der Waals surface area contributed by atoms with Crippen LogP contribution in [0.25, 0.3) is 10.1 Å². The number of hydrogen-bond acceptors (Lipinski definition) is 4. The molecule has 0 saturated heterocycles. The molecule has 1 amide bonds. The van der Waals surface area contributed by atoms with Gasteiger partial charge < -0.3 is 15.8 Å². The van der Waals surface area contributed by atoms with Gasteiger partial charge in [-0.1, -0.05) is 18.2 Å². The van der Waals surface area contributed by atoms with Crippen LogP contribution in [-0.4, -0.2) is 25.2 Å². The van der Waals surface area contributed by atoms with Gasteiger partial charge >= 0.3 is 0 Å². The number of thiophene rings is 1. The van der Waals surface area contributed by atoms with Gasteiger partial charge in [0, 0.05) is 23.7 Å². The average Bonchev–Trinajstić information content (AvgIpc) is 2.76. The van der Waals surface area contributed by atoms with Gasteiger partial charge in [0.05, 0.1) is 11.3 Å². The second kappa shape index (κ2) is 5.42. The van der Waals surface area contributed by atoms with Crippen molar-refractivity contribution >= 4 is 33.0 Å². The highest BCUT2D eigenvalue weighted by Crippen LogP contribution is 2.35. The lowest BCUT2D eigenvalue weighted by Gasteiger charge is -2.22.